The quantitative estimate of drug-likeness (QED) is 0.768. The zero-order valence-electron chi connectivity index (χ0n) is 15.6. The van der Waals surface area contributed by atoms with Gasteiger partial charge in [0.1, 0.15) is 0 Å². The molecule has 2 heterocycles. The lowest BCUT2D eigenvalue weighted by molar-refractivity contribution is 0.0746. The molecule has 1 aromatic heterocycles. The van der Waals surface area contributed by atoms with Crippen LogP contribution in [0.4, 0.5) is 10.5 Å². The van der Waals surface area contributed by atoms with E-state index in [1.807, 2.05) is 19.9 Å². The third-order valence-electron chi connectivity index (χ3n) is 4.25. The van der Waals surface area contributed by atoms with E-state index in [4.69, 9.17) is 4.74 Å². The molecule has 0 saturated heterocycles. The van der Waals surface area contributed by atoms with E-state index in [1.54, 1.807) is 41.6 Å². The highest BCUT2D eigenvalue weighted by molar-refractivity contribution is 5.95. The molecule has 0 spiro atoms. The molecule has 7 heteroatoms. The van der Waals surface area contributed by atoms with E-state index in [1.165, 1.54) is 0 Å². The summed E-state index contributed by atoms with van der Waals surface area (Å²) in [7, 11) is 0. The van der Waals surface area contributed by atoms with Gasteiger partial charge in [0.05, 0.1) is 12.7 Å². The SMILES string of the molecule is CC(C)OCCNC(=O)c1ccc(NC(=O)N2Cc3ccncc3C2)cc1. The number of rotatable bonds is 6. The van der Waals surface area contributed by atoms with E-state index in [0.717, 1.165) is 11.1 Å². The van der Waals surface area contributed by atoms with Crippen LogP contribution in [0.2, 0.25) is 0 Å². The summed E-state index contributed by atoms with van der Waals surface area (Å²) in [4.78, 5) is 30.3. The summed E-state index contributed by atoms with van der Waals surface area (Å²) >= 11 is 0. The second-order valence-corrected chi connectivity index (χ2v) is 6.68. The number of hydrogen-bond donors (Lipinski definition) is 2. The van der Waals surface area contributed by atoms with E-state index in [9.17, 15) is 9.59 Å². The number of pyridine rings is 1. The Kier molecular flexibility index (Phi) is 6.03. The van der Waals surface area contributed by atoms with Gasteiger partial charge in [-0.15, -0.1) is 0 Å². The Labute approximate surface area is 158 Å². The maximum Gasteiger partial charge on any atom is 0.322 e. The maximum absolute atomic E-state index is 12.4. The molecule has 27 heavy (non-hydrogen) atoms. The van der Waals surface area contributed by atoms with Crippen LogP contribution in [0.15, 0.2) is 42.7 Å². The van der Waals surface area contributed by atoms with Crippen molar-refractivity contribution in [3.05, 3.63) is 59.4 Å². The van der Waals surface area contributed by atoms with Crippen molar-refractivity contribution in [3.8, 4) is 0 Å². The molecule has 142 valence electrons. The Bertz CT molecular complexity index is 780. The van der Waals surface area contributed by atoms with Crippen molar-refractivity contribution in [1.82, 2.24) is 15.2 Å². The third-order valence-corrected chi connectivity index (χ3v) is 4.25. The normalized spacial score (nSPS) is 12.8. The van der Waals surface area contributed by atoms with Gasteiger partial charge in [-0.3, -0.25) is 9.78 Å². The summed E-state index contributed by atoms with van der Waals surface area (Å²) in [6, 6.07) is 8.59. The summed E-state index contributed by atoms with van der Waals surface area (Å²) in [5, 5.41) is 5.67. The van der Waals surface area contributed by atoms with E-state index in [2.05, 4.69) is 15.6 Å². The molecule has 0 saturated carbocycles. The monoisotopic (exact) mass is 368 g/mol. The molecule has 2 N–H and O–H groups in total. The van der Waals surface area contributed by atoms with Crippen molar-refractivity contribution >= 4 is 17.6 Å². The number of benzene rings is 1. The summed E-state index contributed by atoms with van der Waals surface area (Å²) in [6.45, 7) is 5.96. The number of ether oxygens (including phenoxy) is 1. The minimum absolute atomic E-state index is 0.143. The lowest BCUT2D eigenvalue weighted by atomic mass is 10.2. The largest absolute Gasteiger partial charge is 0.377 e. The Morgan fingerprint density at radius 3 is 2.59 bits per heavy atom. The Morgan fingerprint density at radius 2 is 1.89 bits per heavy atom. The maximum atomic E-state index is 12.4. The zero-order chi connectivity index (χ0) is 19.2. The van der Waals surface area contributed by atoms with E-state index < -0.39 is 0 Å². The number of nitrogens with one attached hydrogen (secondary N) is 2. The molecule has 0 radical (unpaired) electrons. The molecule has 3 rings (SSSR count). The fourth-order valence-electron chi connectivity index (χ4n) is 2.83. The highest BCUT2D eigenvalue weighted by Gasteiger charge is 2.23. The van der Waals surface area contributed by atoms with Gasteiger partial charge >= 0.3 is 6.03 Å². The number of carbonyl (C=O) groups is 2. The average Bonchev–Trinajstić information content (AvgIpc) is 3.10. The van der Waals surface area contributed by atoms with Gasteiger partial charge < -0.3 is 20.3 Å². The Balaban J connectivity index is 1.49. The number of nitrogens with zero attached hydrogens (tertiary/aromatic N) is 2. The minimum Gasteiger partial charge on any atom is -0.377 e. The van der Waals surface area contributed by atoms with Crippen LogP contribution in [-0.2, 0) is 17.8 Å². The smallest absolute Gasteiger partial charge is 0.322 e. The van der Waals surface area contributed by atoms with Crippen molar-refractivity contribution in [2.75, 3.05) is 18.5 Å². The predicted molar refractivity (Wildman–Crippen MR) is 102 cm³/mol. The van der Waals surface area contributed by atoms with Gasteiger partial charge in [0.15, 0.2) is 0 Å². The van der Waals surface area contributed by atoms with Gasteiger partial charge in [-0.05, 0) is 55.3 Å². The van der Waals surface area contributed by atoms with Crippen molar-refractivity contribution in [3.63, 3.8) is 0 Å². The first-order valence-electron chi connectivity index (χ1n) is 9.00. The molecule has 0 aliphatic carbocycles. The van der Waals surface area contributed by atoms with Crippen LogP contribution in [0.25, 0.3) is 0 Å². The molecule has 7 nitrogen and oxygen atoms in total. The van der Waals surface area contributed by atoms with Gasteiger partial charge in [0.2, 0.25) is 0 Å². The second-order valence-electron chi connectivity index (χ2n) is 6.68. The molecule has 1 aromatic carbocycles. The fourth-order valence-corrected chi connectivity index (χ4v) is 2.83. The Morgan fingerprint density at radius 1 is 1.15 bits per heavy atom. The number of anilines is 1. The van der Waals surface area contributed by atoms with Crippen LogP contribution in [-0.4, -0.2) is 41.1 Å². The number of fused-ring (bicyclic) bond motifs is 1. The van der Waals surface area contributed by atoms with Crippen molar-refractivity contribution in [1.29, 1.82) is 0 Å². The molecule has 0 bridgehead atoms. The molecule has 2 aromatic rings. The van der Waals surface area contributed by atoms with Crippen molar-refractivity contribution < 1.29 is 14.3 Å². The first kappa shape index (κ1) is 18.8. The first-order valence-corrected chi connectivity index (χ1v) is 9.00. The first-order chi connectivity index (χ1) is 13.0. The van der Waals surface area contributed by atoms with Crippen LogP contribution >= 0.6 is 0 Å². The van der Waals surface area contributed by atoms with Gasteiger partial charge in [-0.25, -0.2) is 4.79 Å². The molecule has 1 aliphatic rings. The molecule has 1 aliphatic heterocycles. The number of urea groups is 1. The molecule has 0 atom stereocenters. The second kappa shape index (κ2) is 8.64. The standard InChI is InChI=1S/C20H24N4O3/c1-14(2)27-10-9-22-19(25)15-3-5-18(6-4-15)23-20(26)24-12-16-7-8-21-11-17(16)13-24/h3-8,11,14H,9-10,12-13H2,1-2H3,(H,22,25)(H,23,26). The topological polar surface area (TPSA) is 83.6 Å². The number of hydrogen-bond acceptors (Lipinski definition) is 4. The molecular formula is C20H24N4O3. The third kappa shape index (κ3) is 5.04. The summed E-state index contributed by atoms with van der Waals surface area (Å²) in [5.74, 6) is -0.164. The van der Waals surface area contributed by atoms with Crippen LogP contribution in [0, 0.1) is 0 Å². The predicted octanol–water partition coefficient (Wildman–Crippen LogP) is 2.78. The van der Waals surface area contributed by atoms with Gasteiger partial charge in [0.25, 0.3) is 5.91 Å². The van der Waals surface area contributed by atoms with Crippen molar-refractivity contribution in [2.24, 2.45) is 0 Å². The highest BCUT2D eigenvalue weighted by Crippen LogP contribution is 2.22. The Hall–Kier alpha value is -2.93. The van der Waals surface area contributed by atoms with E-state index in [-0.39, 0.29) is 18.0 Å². The average molecular weight is 368 g/mol. The number of carbonyl (C=O) groups excluding carboxylic acids is 2. The van der Waals surface area contributed by atoms with Gasteiger partial charge in [-0.1, -0.05) is 0 Å². The van der Waals surface area contributed by atoms with Crippen LogP contribution < -0.4 is 10.6 Å². The zero-order valence-corrected chi connectivity index (χ0v) is 15.6. The lowest BCUT2D eigenvalue weighted by Gasteiger charge is -2.16. The molecule has 0 unspecified atom stereocenters. The summed E-state index contributed by atoms with van der Waals surface area (Å²) in [6.07, 6.45) is 3.67. The minimum atomic E-state index is -0.172. The van der Waals surface area contributed by atoms with E-state index >= 15 is 0 Å². The molecular weight excluding hydrogens is 344 g/mol. The summed E-state index contributed by atoms with van der Waals surface area (Å²) < 4.78 is 5.39. The summed E-state index contributed by atoms with van der Waals surface area (Å²) in [5.41, 5.74) is 3.38. The van der Waals surface area contributed by atoms with Gasteiger partial charge in [-0.2, -0.15) is 0 Å². The van der Waals surface area contributed by atoms with Crippen LogP contribution in [0.1, 0.15) is 35.3 Å². The van der Waals surface area contributed by atoms with Gasteiger partial charge in [0, 0.05) is 43.3 Å². The fraction of sp³-hybridized carbons (Fsp3) is 0.350. The number of aromatic nitrogens is 1. The van der Waals surface area contributed by atoms with Crippen molar-refractivity contribution in [2.45, 2.75) is 33.0 Å². The van der Waals surface area contributed by atoms with E-state index in [0.29, 0.717) is 37.5 Å². The molecule has 3 amide bonds. The number of amides is 3. The lowest BCUT2D eigenvalue weighted by Crippen LogP contribution is -2.30. The molecule has 0 fully saturated rings. The van der Waals surface area contributed by atoms with Crippen LogP contribution in [0.5, 0.6) is 0 Å². The van der Waals surface area contributed by atoms with Crippen LogP contribution in [0.3, 0.4) is 0 Å². The highest BCUT2D eigenvalue weighted by atomic mass is 16.5.